The molecule has 3 N–H and O–H groups in total. The Balaban J connectivity index is 1.97. The van der Waals surface area contributed by atoms with Crippen LogP contribution in [0.1, 0.15) is 22.3 Å². The Morgan fingerprint density at radius 1 is 1.35 bits per heavy atom. The third-order valence-corrected chi connectivity index (χ3v) is 4.25. The van der Waals surface area contributed by atoms with E-state index in [2.05, 4.69) is 15.6 Å². The van der Waals surface area contributed by atoms with Crippen LogP contribution in [0, 0.1) is 5.82 Å². The summed E-state index contributed by atoms with van der Waals surface area (Å²) in [5.74, 6) is -1.24. The van der Waals surface area contributed by atoms with Crippen molar-refractivity contribution in [1.29, 1.82) is 0 Å². The molecular formula is C17H18FN3O2. The number of hydrogen-bond acceptors (Lipinski definition) is 4. The zero-order valence-corrected chi connectivity index (χ0v) is 12.5. The van der Waals surface area contributed by atoms with Crippen molar-refractivity contribution in [2.24, 2.45) is 0 Å². The zero-order chi connectivity index (χ0) is 16.3. The van der Waals surface area contributed by atoms with Gasteiger partial charge in [0.25, 0.3) is 5.91 Å². The Morgan fingerprint density at radius 2 is 2.13 bits per heavy atom. The third-order valence-electron chi connectivity index (χ3n) is 4.25. The van der Waals surface area contributed by atoms with Crippen molar-refractivity contribution in [2.75, 3.05) is 13.1 Å². The summed E-state index contributed by atoms with van der Waals surface area (Å²) in [6, 6.07) is 10.6. The number of aliphatic hydroxyl groups excluding tert-OH is 1. The Labute approximate surface area is 133 Å². The van der Waals surface area contributed by atoms with Crippen molar-refractivity contribution >= 4 is 5.91 Å². The highest BCUT2D eigenvalue weighted by molar-refractivity contribution is 5.95. The Morgan fingerprint density at radius 3 is 2.83 bits per heavy atom. The molecule has 5 nitrogen and oxygen atoms in total. The van der Waals surface area contributed by atoms with Gasteiger partial charge in [0, 0.05) is 12.7 Å². The number of pyridine rings is 1. The molecule has 0 aliphatic carbocycles. The predicted molar refractivity (Wildman–Crippen MR) is 83.3 cm³/mol. The molecule has 0 unspecified atom stereocenters. The summed E-state index contributed by atoms with van der Waals surface area (Å²) in [7, 11) is 0. The number of nitrogens with one attached hydrogen (secondary N) is 2. The first-order chi connectivity index (χ1) is 11.1. The van der Waals surface area contributed by atoms with E-state index in [1.54, 1.807) is 0 Å². The highest BCUT2D eigenvalue weighted by Crippen LogP contribution is 2.31. The molecular weight excluding hydrogens is 297 g/mol. The standard InChI is InChI=1S/C17H18FN3O2/c18-14-10-19-8-6-13(14)16(23)21-17(7-9-20-11-15(17)22)12-4-2-1-3-5-12/h1-6,8,10,15,20,22H,7,9,11H2,(H,21,23)/t15-,17+/m1/s1. The molecule has 1 aliphatic rings. The van der Waals surface area contributed by atoms with Gasteiger partial charge in [-0.1, -0.05) is 30.3 Å². The first-order valence-electron chi connectivity index (χ1n) is 7.50. The molecule has 120 valence electrons. The topological polar surface area (TPSA) is 74.2 Å². The van der Waals surface area contributed by atoms with Crippen LogP contribution in [0.3, 0.4) is 0 Å². The molecule has 1 amide bonds. The number of halogens is 1. The van der Waals surface area contributed by atoms with Gasteiger partial charge in [-0.3, -0.25) is 9.78 Å². The number of rotatable bonds is 3. The van der Waals surface area contributed by atoms with Crippen LogP contribution in [-0.2, 0) is 5.54 Å². The zero-order valence-electron chi connectivity index (χ0n) is 12.5. The number of aromatic nitrogens is 1. The van der Waals surface area contributed by atoms with Crippen LogP contribution in [0.25, 0.3) is 0 Å². The van der Waals surface area contributed by atoms with E-state index in [0.29, 0.717) is 19.5 Å². The average molecular weight is 315 g/mol. The lowest BCUT2D eigenvalue weighted by molar-refractivity contribution is 0.0288. The maximum Gasteiger partial charge on any atom is 0.255 e. The normalized spacial score (nSPS) is 24.2. The average Bonchev–Trinajstić information content (AvgIpc) is 2.58. The van der Waals surface area contributed by atoms with Crippen molar-refractivity contribution in [1.82, 2.24) is 15.6 Å². The fraction of sp³-hybridized carbons (Fsp3) is 0.294. The summed E-state index contributed by atoms with van der Waals surface area (Å²) in [5, 5.41) is 16.5. The molecule has 6 heteroatoms. The van der Waals surface area contributed by atoms with E-state index in [4.69, 9.17) is 0 Å². The molecule has 0 radical (unpaired) electrons. The van der Waals surface area contributed by atoms with Gasteiger partial charge in [-0.15, -0.1) is 0 Å². The Hall–Kier alpha value is -2.31. The smallest absolute Gasteiger partial charge is 0.255 e. The van der Waals surface area contributed by atoms with Gasteiger partial charge in [-0.25, -0.2) is 4.39 Å². The first kappa shape index (κ1) is 15.6. The number of amides is 1. The molecule has 3 rings (SSSR count). The number of carbonyl (C=O) groups excluding carboxylic acids is 1. The van der Waals surface area contributed by atoms with E-state index in [1.807, 2.05) is 30.3 Å². The molecule has 0 saturated carbocycles. The molecule has 1 saturated heterocycles. The summed E-state index contributed by atoms with van der Waals surface area (Å²) < 4.78 is 13.8. The van der Waals surface area contributed by atoms with Crippen molar-refractivity contribution in [3.8, 4) is 0 Å². The fourth-order valence-electron chi connectivity index (χ4n) is 2.98. The second-order valence-corrected chi connectivity index (χ2v) is 5.62. The highest BCUT2D eigenvalue weighted by Gasteiger charge is 2.43. The molecule has 2 aromatic rings. The summed E-state index contributed by atoms with van der Waals surface area (Å²) in [6.07, 6.45) is 2.07. The SMILES string of the molecule is O=C(N[C@]1(c2ccccc2)CCNC[C@H]1O)c1ccncc1F. The van der Waals surface area contributed by atoms with E-state index in [1.165, 1.54) is 12.3 Å². The maximum absolute atomic E-state index is 13.8. The van der Waals surface area contributed by atoms with Crippen molar-refractivity contribution in [3.05, 3.63) is 65.7 Å². The van der Waals surface area contributed by atoms with Gasteiger partial charge in [0.2, 0.25) is 0 Å². The molecule has 2 heterocycles. The van der Waals surface area contributed by atoms with Gasteiger partial charge in [0.05, 0.1) is 23.4 Å². The minimum Gasteiger partial charge on any atom is -0.389 e. The summed E-state index contributed by atoms with van der Waals surface area (Å²) in [5.41, 5.74) is -0.225. The second kappa shape index (κ2) is 6.44. The Bertz CT molecular complexity index is 695. The van der Waals surface area contributed by atoms with Crippen LogP contribution >= 0.6 is 0 Å². The molecule has 2 atom stereocenters. The van der Waals surface area contributed by atoms with Gasteiger partial charge in [-0.05, 0) is 24.6 Å². The van der Waals surface area contributed by atoms with Crippen molar-refractivity contribution in [2.45, 2.75) is 18.1 Å². The number of carbonyl (C=O) groups is 1. The summed E-state index contributed by atoms with van der Waals surface area (Å²) in [4.78, 5) is 16.2. The first-order valence-corrected chi connectivity index (χ1v) is 7.50. The molecule has 1 aromatic carbocycles. The maximum atomic E-state index is 13.8. The lowest BCUT2D eigenvalue weighted by Crippen LogP contribution is -2.61. The fourth-order valence-corrected chi connectivity index (χ4v) is 2.98. The van der Waals surface area contributed by atoms with Crippen molar-refractivity contribution in [3.63, 3.8) is 0 Å². The molecule has 0 bridgehead atoms. The monoisotopic (exact) mass is 315 g/mol. The van der Waals surface area contributed by atoms with Crippen LogP contribution in [0.4, 0.5) is 4.39 Å². The Kier molecular flexibility index (Phi) is 4.36. The number of benzene rings is 1. The number of nitrogens with zero attached hydrogens (tertiary/aromatic N) is 1. The van der Waals surface area contributed by atoms with Gasteiger partial charge in [-0.2, -0.15) is 0 Å². The molecule has 1 aromatic heterocycles. The molecule has 0 spiro atoms. The number of aliphatic hydroxyl groups is 1. The van der Waals surface area contributed by atoms with E-state index in [-0.39, 0.29) is 5.56 Å². The minimum absolute atomic E-state index is 0.0824. The second-order valence-electron chi connectivity index (χ2n) is 5.62. The number of β-amino-alcohol motifs (C(OH)–C–C–N with tert-alkyl or cyclic N) is 1. The predicted octanol–water partition coefficient (Wildman–Crippen LogP) is 1.20. The minimum atomic E-state index is -0.945. The van der Waals surface area contributed by atoms with Gasteiger partial charge in [0.15, 0.2) is 5.82 Å². The summed E-state index contributed by atoms with van der Waals surface area (Å²) >= 11 is 0. The summed E-state index contributed by atoms with van der Waals surface area (Å²) in [6.45, 7) is 0.999. The lowest BCUT2D eigenvalue weighted by atomic mass is 9.79. The van der Waals surface area contributed by atoms with E-state index < -0.39 is 23.4 Å². The van der Waals surface area contributed by atoms with Crippen molar-refractivity contribution < 1.29 is 14.3 Å². The van der Waals surface area contributed by atoms with Gasteiger partial charge < -0.3 is 15.7 Å². The number of piperidine rings is 1. The van der Waals surface area contributed by atoms with Crippen LogP contribution < -0.4 is 10.6 Å². The quantitative estimate of drug-likeness (QED) is 0.796. The van der Waals surface area contributed by atoms with Gasteiger partial charge in [0.1, 0.15) is 0 Å². The van der Waals surface area contributed by atoms with Crippen LogP contribution in [0.2, 0.25) is 0 Å². The molecule has 23 heavy (non-hydrogen) atoms. The van der Waals surface area contributed by atoms with Crippen LogP contribution in [-0.4, -0.2) is 35.2 Å². The van der Waals surface area contributed by atoms with E-state index in [0.717, 1.165) is 11.8 Å². The lowest BCUT2D eigenvalue weighted by Gasteiger charge is -2.43. The van der Waals surface area contributed by atoms with E-state index >= 15 is 0 Å². The third kappa shape index (κ3) is 2.95. The molecule has 1 aliphatic heterocycles. The van der Waals surface area contributed by atoms with E-state index in [9.17, 15) is 14.3 Å². The number of hydrogen-bond donors (Lipinski definition) is 3. The van der Waals surface area contributed by atoms with Gasteiger partial charge >= 0.3 is 0 Å². The largest absolute Gasteiger partial charge is 0.389 e. The highest BCUT2D eigenvalue weighted by atomic mass is 19.1. The van der Waals surface area contributed by atoms with Crippen LogP contribution in [0.5, 0.6) is 0 Å². The molecule has 1 fully saturated rings. The van der Waals surface area contributed by atoms with Crippen LogP contribution in [0.15, 0.2) is 48.8 Å².